The molecule has 0 saturated carbocycles. The number of aliphatic carboxylic acids is 1. The number of nitrogens with zero attached hydrogens (tertiary/aromatic N) is 4. The number of aliphatic hydroxyl groups is 4. The molecular formula is C93H140N22O25S. The lowest BCUT2D eigenvalue weighted by atomic mass is 10.0. The van der Waals surface area contributed by atoms with E-state index in [0.29, 0.717) is 60.7 Å². The first-order chi connectivity index (χ1) is 67.2. The van der Waals surface area contributed by atoms with Crippen molar-refractivity contribution in [3.05, 3.63) is 71.9 Å². The number of para-hydroxylation sites is 1. The number of nitrogens with one attached hydrogen (secondary N) is 16. The monoisotopic (exact) mass is 2000 g/mol. The highest BCUT2D eigenvalue weighted by Gasteiger charge is 2.46. The van der Waals surface area contributed by atoms with Crippen molar-refractivity contribution in [2.45, 2.75) is 279 Å². The Morgan fingerprint density at radius 1 is 0.440 bits per heavy atom. The number of carbonyl (C=O) groups excluding carboxylic acids is 19. The van der Waals surface area contributed by atoms with Gasteiger partial charge in [-0.3, -0.25) is 91.1 Å². The Morgan fingerprint density at radius 2 is 0.894 bits per heavy atom. The van der Waals surface area contributed by atoms with E-state index in [2.05, 4.69) is 84.7 Å². The minimum absolute atomic E-state index is 0.0190. The number of aromatic amines is 1. The zero-order chi connectivity index (χ0) is 103. The molecule has 2 aromatic carbocycles. The predicted molar refractivity (Wildman–Crippen MR) is 511 cm³/mol. The van der Waals surface area contributed by atoms with Crippen molar-refractivity contribution in [1.29, 1.82) is 0 Å². The Bertz CT molecular complexity index is 4870. The first-order valence-corrected chi connectivity index (χ1v) is 49.5. The molecule has 6 heterocycles. The summed E-state index contributed by atoms with van der Waals surface area (Å²) in [6, 6.07) is -7.83. The normalized spacial score (nSPS) is 19.5. The third-order valence-electron chi connectivity index (χ3n) is 25.2. The minimum atomic E-state index is -2.00. The van der Waals surface area contributed by atoms with Crippen LogP contribution in [0.15, 0.2) is 60.8 Å². The van der Waals surface area contributed by atoms with Gasteiger partial charge in [-0.05, 0) is 177 Å². The predicted octanol–water partition coefficient (Wildman–Crippen LogP) is -6.58. The molecule has 0 aliphatic carbocycles. The molecule has 5 aliphatic rings. The molecule has 0 unspecified atom stereocenters. The lowest BCUT2D eigenvalue weighted by Gasteiger charge is -2.31. The molecule has 0 radical (unpaired) electrons. The van der Waals surface area contributed by atoms with E-state index in [1.54, 1.807) is 80.9 Å². The van der Waals surface area contributed by atoms with Crippen LogP contribution in [0.4, 0.5) is 0 Å². The number of carbonyl (C=O) groups is 20. The fourth-order valence-electron chi connectivity index (χ4n) is 17.8. The van der Waals surface area contributed by atoms with Gasteiger partial charge in [0.15, 0.2) is 0 Å². The molecule has 5 aliphatic heterocycles. The van der Waals surface area contributed by atoms with E-state index in [1.807, 2.05) is 13.8 Å². The quantitative estimate of drug-likeness (QED) is 0.0234. The number of thioether (sulfide) groups is 1. The van der Waals surface area contributed by atoms with Crippen LogP contribution in [0.1, 0.15) is 168 Å². The first-order valence-electron chi connectivity index (χ1n) is 48.1. The fourth-order valence-corrected chi connectivity index (χ4v) is 18.2. The molecule has 25 N–H and O–H groups in total. The van der Waals surface area contributed by atoms with E-state index in [1.165, 1.54) is 23.6 Å². The highest BCUT2D eigenvalue weighted by molar-refractivity contribution is 7.98. The van der Waals surface area contributed by atoms with Crippen LogP contribution in [0.5, 0.6) is 0 Å². The number of primary amides is 1. The number of hydrogen-bond donors (Lipinski definition) is 23. The van der Waals surface area contributed by atoms with Crippen molar-refractivity contribution in [3.8, 4) is 0 Å². The number of hydrogen-bond acceptors (Lipinski definition) is 27. The van der Waals surface area contributed by atoms with Gasteiger partial charge in [-0.15, -0.1) is 0 Å². The van der Waals surface area contributed by atoms with Crippen LogP contribution >= 0.6 is 11.8 Å². The number of rotatable bonds is 55. The van der Waals surface area contributed by atoms with Crippen molar-refractivity contribution in [3.63, 3.8) is 0 Å². The number of aromatic nitrogens is 1. The van der Waals surface area contributed by atoms with Gasteiger partial charge < -0.3 is 141 Å². The number of carboxylic acids is 1. The minimum Gasteiger partial charge on any atom is -0.480 e. The van der Waals surface area contributed by atoms with Crippen molar-refractivity contribution in [1.82, 2.24) is 104 Å². The standard InChI is InChI=1S/C93H140N22O25S/c1-50(2)40-62(81(127)109-67(48-117)84(130)111-76(53(6)119)88(134)110-66(47-116)83(129)105-61(24-13-14-33-94)89(135)112-35-17-27-70(112)86(132)104-59(30-31-73(95)120)80(126)108-65(42-54-20-9-8-10-21-54)91(137)115-38-19-29-72(115)93(139)140)101-74(121)46-99-78(124)60(32-39-141-7)103-82(128)63(43-55-44-97-57-23-12-11-22-56(55)57)106-87(133)71-28-18-37-114(71)92(138)68(49-118)102-75(122)45-98-77(123)52(5)100-85(131)69-26-16-36-113(69)90(136)64(41-51(3)4)107-79(125)58-25-15-34-96-58/h8-12,20-23,44,50-53,58-72,76,96-97,116-119H,13-19,24-43,45-49,94H2,1-7H3,(H2,95,120)(H,98,123)(H,99,124)(H,100,131)(H,101,121)(H,102,122)(H,103,128)(H,104,132)(H,105,129)(H,106,133)(H,107,125)(H,108,126)(H,109,127)(H,110,134)(H,111,130)(H,139,140)/t52-,53+,58-,59-,60-,61-,62-,63-,64-,65-,66-,67-,68-,69-,70-,71-,72-,76-/m0/s1. The third-order valence-corrected chi connectivity index (χ3v) is 25.9. The van der Waals surface area contributed by atoms with Crippen LogP contribution in [-0.2, 0) is 109 Å². The summed E-state index contributed by atoms with van der Waals surface area (Å²) in [5, 5.41) is 91.6. The van der Waals surface area contributed by atoms with Gasteiger partial charge in [-0.25, -0.2) is 4.79 Å². The summed E-state index contributed by atoms with van der Waals surface area (Å²) in [7, 11) is 0. The van der Waals surface area contributed by atoms with E-state index in [4.69, 9.17) is 11.5 Å². The molecule has 0 bridgehead atoms. The number of H-pyrrole nitrogens is 1. The van der Waals surface area contributed by atoms with E-state index < -0.39 is 260 Å². The highest BCUT2D eigenvalue weighted by atomic mass is 32.2. The van der Waals surface area contributed by atoms with Crippen LogP contribution in [0, 0.1) is 11.8 Å². The number of fused-ring (bicyclic) bond motifs is 1. The van der Waals surface area contributed by atoms with Crippen LogP contribution in [0.2, 0.25) is 0 Å². The largest absolute Gasteiger partial charge is 0.480 e. The summed E-state index contributed by atoms with van der Waals surface area (Å²) in [5.41, 5.74) is 13.1. The Kier molecular flexibility index (Phi) is 45.4. The van der Waals surface area contributed by atoms with E-state index in [9.17, 15) is 121 Å². The summed E-state index contributed by atoms with van der Waals surface area (Å²) in [6.07, 6.45) is 4.43. The van der Waals surface area contributed by atoms with Crippen LogP contribution in [0.3, 0.4) is 0 Å². The number of likely N-dealkylation sites (tertiary alicyclic amines) is 4. The average Bonchev–Trinajstić information content (AvgIpc) is 1.72. The molecule has 778 valence electrons. The molecule has 0 spiro atoms. The highest BCUT2D eigenvalue weighted by Crippen LogP contribution is 2.28. The Balaban J connectivity index is 0.849. The molecule has 141 heavy (non-hydrogen) atoms. The summed E-state index contributed by atoms with van der Waals surface area (Å²) >= 11 is 1.30. The Labute approximate surface area is 820 Å². The Morgan fingerprint density at radius 3 is 1.44 bits per heavy atom. The van der Waals surface area contributed by atoms with E-state index in [0.717, 1.165) is 28.0 Å². The van der Waals surface area contributed by atoms with E-state index >= 15 is 0 Å². The number of aliphatic hydroxyl groups excluding tert-OH is 4. The van der Waals surface area contributed by atoms with Gasteiger partial charge in [0, 0.05) is 62.5 Å². The van der Waals surface area contributed by atoms with Crippen molar-refractivity contribution in [2.75, 3.05) is 84.2 Å². The van der Waals surface area contributed by atoms with Crippen molar-refractivity contribution in [2.24, 2.45) is 23.3 Å². The molecule has 18 atom stereocenters. The van der Waals surface area contributed by atoms with Gasteiger partial charge in [0.25, 0.3) is 0 Å². The lowest BCUT2D eigenvalue weighted by molar-refractivity contribution is -0.149. The molecule has 5 saturated heterocycles. The maximum Gasteiger partial charge on any atom is 0.326 e. The van der Waals surface area contributed by atoms with Gasteiger partial charge in [-0.2, -0.15) is 11.8 Å². The van der Waals surface area contributed by atoms with Gasteiger partial charge >= 0.3 is 5.97 Å². The van der Waals surface area contributed by atoms with Crippen LogP contribution in [0.25, 0.3) is 10.9 Å². The number of unbranched alkanes of at least 4 members (excludes halogenated alkanes) is 1. The number of carboxylic acid groups (broad SMARTS) is 1. The summed E-state index contributed by atoms with van der Waals surface area (Å²) in [6.45, 7) is 5.87. The number of nitrogens with two attached hydrogens (primary N) is 2. The molecular weight excluding hydrogens is 1860 g/mol. The smallest absolute Gasteiger partial charge is 0.326 e. The van der Waals surface area contributed by atoms with Crippen molar-refractivity contribution < 1.29 is 121 Å². The molecule has 1 aromatic heterocycles. The second-order valence-corrected chi connectivity index (χ2v) is 38.0. The lowest BCUT2D eigenvalue weighted by Crippen LogP contribution is -2.62. The summed E-state index contributed by atoms with van der Waals surface area (Å²) < 4.78 is 0. The molecule has 5 fully saturated rings. The molecule has 19 amide bonds. The van der Waals surface area contributed by atoms with E-state index in [-0.39, 0.29) is 140 Å². The first kappa shape index (κ1) is 114. The van der Waals surface area contributed by atoms with Crippen LogP contribution < -0.4 is 91.2 Å². The van der Waals surface area contributed by atoms with Crippen molar-refractivity contribution >= 4 is 141 Å². The van der Waals surface area contributed by atoms with Crippen LogP contribution in [-0.4, -0.2) is 361 Å². The molecule has 47 nitrogen and oxygen atoms in total. The van der Waals surface area contributed by atoms with Gasteiger partial charge in [0.05, 0.1) is 45.1 Å². The van der Waals surface area contributed by atoms with Gasteiger partial charge in [0.2, 0.25) is 112 Å². The average molecular weight is 2000 g/mol. The second-order valence-electron chi connectivity index (χ2n) is 37.0. The second kappa shape index (κ2) is 56.2. The van der Waals surface area contributed by atoms with Gasteiger partial charge in [-0.1, -0.05) is 76.2 Å². The molecule has 8 rings (SSSR count). The molecule has 3 aromatic rings. The van der Waals surface area contributed by atoms with Gasteiger partial charge in [0.1, 0.15) is 96.7 Å². The summed E-state index contributed by atoms with van der Waals surface area (Å²) in [5.74, 6) is -17.8. The number of benzene rings is 2. The molecule has 48 heteroatoms. The maximum absolute atomic E-state index is 14.8. The summed E-state index contributed by atoms with van der Waals surface area (Å²) in [4.78, 5) is 286. The zero-order valence-electron chi connectivity index (χ0n) is 80.7. The zero-order valence-corrected chi connectivity index (χ0v) is 81.5. The fraction of sp³-hybridized carbons (Fsp3) is 0.634. The SMILES string of the molecule is CSCC[C@H](NC(=O)[C@H](Cc1c[nH]c2ccccc12)NC(=O)[C@@H]1CCCN1C(=O)[C@H](CO)NC(=O)CNC(=O)[C@H](C)NC(=O)[C@@H]1CCCN1C(=O)[C@H](CC(C)C)NC(=O)[C@@H]1CCCN1)C(=O)NCC(=O)N[C@@H](CC(C)C)C(=O)N[C@@H](CO)C(=O)N[C@H](C(=O)N[C@@H](CO)C(=O)N[C@@H](CCCCN)C(=O)N1CCC[C@H]1C(=O)N[C@@H](CCC(N)=O)C(=O)N[C@@H](Cc1ccccc1)C(=O)N1CCC[C@H]1C(=O)O)[C@@H](C)O. The third kappa shape index (κ3) is 33.6. The Hall–Kier alpha value is -12.5. The topological polar surface area (TPSA) is 704 Å². The number of amides is 19. The maximum atomic E-state index is 14.8.